The second-order valence-corrected chi connectivity index (χ2v) is 6.03. The number of para-hydroxylation sites is 1. The van der Waals surface area contributed by atoms with E-state index in [1.807, 2.05) is 65.6 Å². The second-order valence-electron chi connectivity index (χ2n) is 6.03. The van der Waals surface area contributed by atoms with Gasteiger partial charge in [0.2, 0.25) is 0 Å². The van der Waals surface area contributed by atoms with E-state index in [1.165, 1.54) is 0 Å². The predicted molar refractivity (Wildman–Crippen MR) is 94.6 cm³/mol. The average molecular weight is 333 g/mol. The van der Waals surface area contributed by atoms with Crippen molar-refractivity contribution in [3.63, 3.8) is 0 Å². The Morgan fingerprint density at radius 1 is 1.04 bits per heavy atom. The first-order chi connectivity index (χ1) is 12.3. The van der Waals surface area contributed by atoms with E-state index < -0.39 is 0 Å². The summed E-state index contributed by atoms with van der Waals surface area (Å²) < 4.78 is 7.56. The van der Waals surface area contributed by atoms with Gasteiger partial charge in [0.25, 0.3) is 5.91 Å². The van der Waals surface area contributed by atoms with Gasteiger partial charge in [0, 0.05) is 12.7 Å². The number of rotatable bonds is 3. The van der Waals surface area contributed by atoms with Gasteiger partial charge in [-0.25, -0.2) is 4.68 Å². The minimum absolute atomic E-state index is 0.00795. The molecule has 0 radical (unpaired) electrons. The number of benzene rings is 2. The van der Waals surface area contributed by atoms with Crippen molar-refractivity contribution in [2.75, 3.05) is 19.7 Å². The number of hydrogen-bond acceptors (Lipinski definition) is 3. The number of ether oxygens (including phenoxy) is 1. The molecule has 2 heterocycles. The van der Waals surface area contributed by atoms with E-state index in [9.17, 15) is 4.79 Å². The molecule has 0 N–H and O–H groups in total. The molecular weight excluding hydrogens is 314 g/mol. The summed E-state index contributed by atoms with van der Waals surface area (Å²) >= 11 is 0. The minimum Gasteiger partial charge on any atom is -0.370 e. The molecule has 0 saturated carbocycles. The molecule has 4 rings (SSSR count). The van der Waals surface area contributed by atoms with Gasteiger partial charge < -0.3 is 9.64 Å². The maximum atomic E-state index is 12.8. The molecule has 1 aliphatic heterocycles. The molecule has 0 bridgehead atoms. The van der Waals surface area contributed by atoms with Crippen LogP contribution in [0.5, 0.6) is 0 Å². The van der Waals surface area contributed by atoms with Gasteiger partial charge in [0.15, 0.2) is 0 Å². The molecule has 1 saturated heterocycles. The van der Waals surface area contributed by atoms with E-state index in [4.69, 9.17) is 4.74 Å². The van der Waals surface area contributed by atoms with Gasteiger partial charge in [-0.1, -0.05) is 48.5 Å². The maximum Gasteiger partial charge on any atom is 0.257 e. The van der Waals surface area contributed by atoms with Gasteiger partial charge in [-0.05, 0) is 17.7 Å². The molecule has 1 aromatic heterocycles. The summed E-state index contributed by atoms with van der Waals surface area (Å²) in [4.78, 5) is 14.7. The molecule has 0 unspecified atom stereocenters. The number of carbonyl (C=O) groups is 1. The average Bonchev–Trinajstić information content (AvgIpc) is 3.19. The summed E-state index contributed by atoms with van der Waals surface area (Å²) in [5, 5.41) is 4.32. The Morgan fingerprint density at radius 3 is 2.52 bits per heavy atom. The van der Waals surface area contributed by atoms with Crippen molar-refractivity contribution >= 4 is 5.91 Å². The van der Waals surface area contributed by atoms with Gasteiger partial charge in [-0.2, -0.15) is 5.10 Å². The van der Waals surface area contributed by atoms with Crippen molar-refractivity contribution in [3.8, 4) is 5.69 Å². The highest BCUT2D eigenvalue weighted by Gasteiger charge is 2.26. The number of nitrogens with zero attached hydrogens (tertiary/aromatic N) is 3. The van der Waals surface area contributed by atoms with Crippen LogP contribution in [0.25, 0.3) is 5.69 Å². The van der Waals surface area contributed by atoms with Gasteiger partial charge in [-0.3, -0.25) is 4.79 Å². The van der Waals surface area contributed by atoms with E-state index in [0.717, 1.165) is 11.3 Å². The number of aromatic nitrogens is 2. The van der Waals surface area contributed by atoms with Crippen LogP contribution in [0.3, 0.4) is 0 Å². The zero-order valence-electron chi connectivity index (χ0n) is 13.8. The Labute approximate surface area is 146 Å². The second kappa shape index (κ2) is 6.91. The summed E-state index contributed by atoms with van der Waals surface area (Å²) in [7, 11) is 0. The van der Waals surface area contributed by atoms with Crippen molar-refractivity contribution in [2.45, 2.75) is 6.10 Å². The number of hydrogen-bond donors (Lipinski definition) is 0. The lowest BCUT2D eigenvalue weighted by Gasteiger charge is -2.33. The van der Waals surface area contributed by atoms with Crippen LogP contribution in [-0.2, 0) is 4.74 Å². The first-order valence-electron chi connectivity index (χ1n) is 8.37. The van der Waals surface area contributed by atoms with E-state index in [2.05, 4.69) is 5.10 Å². The van der Waals surface area contributed by atoms with Crippen LogP contribution in [0, 0.1) is 0 Å². The Kier molecular flexibility index (Phi) is 4.31. The molecule has 126 valence electrons. The Hall–Kier alpha value is -2.92. The summed E-state index contributed by atoms with van der Waals surface area (Å²) in [5.74, 6) is -0.00795. The third-order valence-electron chi connectivity index (χ3n) is 4.38. The first-order valence-corrected chi connectivity index (χ1v) is 8.37. The maximum absolute atomic E-state index is 12.8. The van der Waals surface area contributed by atoms with Gasteiger partial charge in [0.1, 0.15) is 6.10 Å². The third kappa shape index (κ3) is 3.32. The first kappa shape index (κ1) is 15.6. The standard InChI is InChI=1S/C20H19N3O2/c24-20(17-13-21-23(14-17)18-9-5-2-6-10-18)22-11-12-25-19(15-22)16-7-3-1-4-8-16/h1-10,13-14,19H,11-12,15H2/t19-/m0/s1. The highest BCUT2D eigenvalue weighted by molar-refractivity contribution is 5.94. The molecule has 2 aromatic carbocycles. The molecule has 1 atom stereocenters. The highest BCUT2D eigenvalue weighted by atomic mass is 16.5. The summed E-state index contributed by atoms with van der Waals surface area (Å²) in [5.41, 5.74) is 2.63. The third-order valence-corrected chi connectivity index (χ3v) is 4.38. The molecule has 1 amide bonds. The molecular formula is C20H19N3O2. The zero-order valence-corrected chi connectivity index (χ0v) is 13.8. The van der Waals surface area contributed by atoms with E-state index in [-0.39, 0.29) is 12.0 Å². The molecule has 1 aliphatic rings. The van der Waals surface area contributed by atoms with Crippen molar-refractivity contribution in [1.82, 2.24) is 14.7 Å². The van der Waals surface area contributed by atoms with E-state index >= 15 is 0 Å². The van der Waals surface area contributed by atoms with Crippen LogP contribution in [0.1, 0.15) is 22.0 Å². The van der Waals surface area contributed by atoms with Gasteiger partial charge in [-0.15, -0.1) is 0 Å². The minimum atomic E-state index is -0.0805. The van der Waals surface area contributed by atoms with Crippen LogP contribution in [0.15, 0.2) is 73.1 Å². The molecule has 3 aromatic rings. The smallest absolute Gasteiger partial charge is 0.257 e. The molecule has 25 heavy (non-hydrogen) atoms. The van der Waals surface area contributed by atoms with Crippen LogP contribution in [0.4, 0.5) is 0 Å². The summed E-state index contributed by atoms with van der Waals surface area (Å²) in [6.45, 7) is 1.69. The van der Waals surface area contributed by atoms with E-state index in [1.54, 1.807) is 17.1 Å². The molecule has 0 spiro atoms. The Bertz CT molecular complexity index is 846. The van der Waals surface area contributed by atoms with Crippen molar-refractivity contribution < 1.29 is 9.53 Å². The van der Waals surface area contributed by atoms with Crippen molar-refractivity contribution in [3.05, 3.63) is 84.2 Å². The lowest BCUT2D eigenvalue weighted by atomic mass is 10.1. The quantitative estimate of drug-likeness (QED) is 0.740. The molecule has 5 nitrogen and oxygen atoms in total. The highest BCUT2D eigenvalue weighted by Crippen LogP contribution is 2.23. The number of amides is 1. The van der Waals surface area contributed by atoms with Crippen LogP contribution >= 0.6 is 0 Å². The SMILES string of the molecule is O=C(c1cnn(-c2ccccc2)c1)N1CCO[C@H](c2ccccc2)C1. The van der Waals surface area contributed by atoms with Crippen molar-refractivity contribution in [1.29, 1.82) is 0 Å². The molecule has 0 aliphatic carbocycles. The predicted octanol–water partition coefficient (Wildman–Crippen LogP) is 3.09. The fraction of sp³-hybridized carbons (Fsp3) is 0.200. The summed E-state index contributed by atoms with van der Waals surface area (Å²) in [6, 6.07) is 19.8. The fourth-order valence-electron chi connectivity index (χ4n) is 3.04. The van der Waals surface area contributed by atoms with Crippen LogP contribution in [-0.4, -0.2) is 40.3 Å². The molecule has 1 fully saturated rings. The molecule has 5 heteroatoms. The van der Waals surface area contributed by atoms with Crippen molar-refractivity contribution in [2.24, 2.45) is 0 Å². The van der Waals surface area contributed by atoms with E-state index in [0.29, 0.717) is 25.3 Å². The number of carbonyl (C=O) groups excluding carboxylic acids is 1. The van der Waals surface area contributed by atoms with Crippen LogP contribution < -0.4 is 0 Å². The Morgan fingerprint density at radius 2 is 1.76 bits per heavy atom. The number of morpholine rings is 1. The topological polar surface area (TPSA) is 47.4 Å². The lowest BCUT2D eigenvalue weighted by molar-refractivity contribution is -0.0228. The normalized spacial score (nSPS) is 17.4. The van der Waals surface area contributed by atoms with Gasteiger partial charge >= 0.3 is 0 Å². The Balaban J connectivity index is 1.50. The van der Waals surface area contributed by atoms with Crippen LogP contribution in [0.2, 0.25) is 0 Å². The van der Waals surface area contributed by atoms with Gasteiger partial charge in [0.05, 0.1) is 30.6 Å². The summed E-state index contributed by atoms with van der Waals surface area (Å²) in [6.07, 6.45) is 3.33. The lowest BCUT2D eigenvalue weighted by Crippen LogP contribution is -2.42. The monoisotopic (exact) mass is 333 g/mol. The largest absolute Gasteiger partial charge is 0.370 e. The fourth-order valence-corrected chi connectivity index (χ4v) is 3.04. The zero-order chi connectivity index (χ0) is 17.1.